The van der Waals surface area contributed by atoms with Gasteiger partial charge in [-0.2, -0.15) is 0 Å². The number of hydrogen-bond acceptors (Lipinski definition) is 2. The van der Waals surface area contributed by atoms with Crippen LogP contribution >= 0.6 is 0 Å². The van der Waals surface area contributed by atoms with Crippen molar-refractivity contribution in [3.63, 3.8) is 0 Å². The molecule has 1 aromatic rings. The summed E-state index contributed by atoms with van der Waals surface area (Å²) in [5.74, 6) is 0. The number of nitrogens with zero attached hydrogens (tertiary/aromatic N) is 1. The van der Waals surface area contributed by atoms with Crippen LogP contribution in [0.1, 0.15) is 44.6 Å². The molecule has 1 aromatic carbocycles. The standard InChI is InChI=1S/C16H28N2/c1-3-4-5-8-13-18(14-9-12-17)16-11-7-6-10-15(16)2/h6-7,10-11H,3-5,8-9,12-14,17H2,1-2H3. The van der Waals surface area contributed by atoms with Gasteiger partial charge in [0.2, 0.25) is 0 Å². The molecule has 0 radical (unpaired) electrons. The Bertz CT molecular complexity index is 323. The normalized spacial score (nSPS) is 10.6. The molecule has 18 heavy (non-hydrogen) atoms. The van der Waals surface area contributed by atoms with Crippen LogP contribution in [0.5, 0.6) is 0 Å². The van der Waals surface area contributed by atoms with E-state index in [1.165, 1.54) is 36.9 Å². The molecule has 102 valence electrons. The van der Waals surface area contributed by atoms with Crippen LogP contribution in [0.4, 0.5) is 5.69 Å². The van der Waals surface area contributed by atoms with Crippen molar-refractivity contribution < 1.29 is 0 Å². The van der Waals surface area contributed by atoms with Crippen LogP contribution < -0.4 is 10.6 Å². The first-order valence-electron chi connectivity index (χ1n) is 7.30. The highest BCUT2D eigenvalue weighted by atomic mass is 15.1. The molecule has 0 aliphatic carbocycles. The van der Waals surface area contributed by atoms with Gasteiger partial charge < -0.3 is 10.6 Å². The topological polar surface area (TPSA) is 29.3 Å². The molecule has 0 saturated carbocycles. The summed E-state index contributed by atoms with van der Waals surface area (Å²) >= 11 is 0. The first kappa shape index (κ1) is 15.0. The van der Waals surface area contributed by atoms with E-state index in [1.54, 1.807) is 0 Å². The minimum Gasteiger partial charge on any atom is -0.371 e. The number of unbranched alkanes of at least 4 members (excludes halogenated alkanes) is 3. The maximum atomic E-state index is 5.64. The third-order valence-electron chi connectivity index (χ3n) is 3.37. The Hall–Kier alpha value is -1.02. The van der Waals surface area contributed by atoms with Crippen LogP contribution in [-0.2, 0) is 0 Å². The van der Waals surface area contributed by atoms with E-state index in [9.17, 15) is 0 Å². The molecular weight excluding hydrogens is 220 g/mol. The molecule has 2 nitrogen and oxygen atoms in total. The van der Waals surface area contributed by atoms with Crippen LogP contribution in [0, 0.1) is 6.92 Å². The van der Waals surface area contributed by atoms with Crippen LogP contribution in [0.2, 0.25) is 0 Å². The van der Waals surface area contributed by atoms with E-state index in [0.29, 0.717) is 0 Å². The largest absolute Gasteiger partial charge is 0.371 e. The van der Waals surface area contributed by atoms with Crippen LogP contribution in [0.25, 0.3) is 0 Å². The molecular formula is C16H28N2. The van der Waals surface area contributed by atoms with Gasteiger partial charge in [-0.15, -0.1) is 0 Å². The monoisotopic (exact) mass is 248 g/mol. The molecule has 0 aliphatic rings. The van der Waals surface area contributed by atoms with Gasteiger partial charge in [-0.25, -0.2) is 0 Å². The Balaban J connectivity index is 2.57. The van der Waals surface area contributed by atoms with Crippen molar-refractivity contribution in [1.82, 2.24) is 0 Å². The molecule has 1 rings (SSSR count). The second-order valence-electron chi connectivity index (χ2n) is 4.98. The summed E-state index contributed by atoms with van der Waals surface area (Å²) in [6.07, 6.45) is 6.34. The quantitative estimate of drug-likeness (QED) is 0.675. The summed E-state index contributed by atoms with van der Waals surface area (Å²) in [7, 11) is 0. The predicted molar refractivity (Wildman–Crippen MR) is 81.2 cm³/mol. The van der Waals surface area contributed by atoms with Crippen molar-refractivity contribution in [2.45, 2.75) is 46.0 Å². The summed E-state index contributed by atoms with van der Waals surface area (Å²) in [5, 5.41) is 0. The van der Waals surface area contributed by atoms with E-state index in [4.69, 9.17) is 5.73 Å². The maximum Gasteiger partial charge on any atom is 0.0395 e. The number of aryl methyl sites for hydroxylation is 1. The van der Waals surface area contributed by atoms with Crippen molar-refractivity contribution in [3.8, 4) is 0 Å². The van der Waals surface area contributed by atoms with Gasteiger partial charge in [0, 0.05) is 18.8 Å². The van der Waals surface area contributed by atoms with E-state index in [2.05, 4.69) is 43.0 Å². The van der Waals surface area contributed by atoms with Gasteiger partial charge in [0.25, 0.3) is 0 Å². The molecule has 0 heterocycles. The van der Waals surface area contributed by atoms with Crippen LogP contribution in [0.3, 0.4) is 0 Å². The van der Waals surface area contributed by atoms with Gasteiger partial charge in [0.1, 0.15) is 0 Å². The van der Waals surface area contributed by atoms with E-state index in [0.717, 1.165) is 26.1 Å². The van der Waals surface area contributed by atoms with E-state index in [1.807, 2.05) is 0 Å². The van der Waals surface area contributed by atoms with Crippen molar-refractivity contribution >= 4 is 5.69 Å². The number of anilines is 1. The Morgan fingerprint density at radius 3 is 2.39 bits per heavy atom. The van der Waals surface area contributed by atoms with Gasteiger partial charge in [0.05, 0.1) is 0 Å². The Morgan fingerprint density at radius 2 is 1.72 bits per heavy atom. The zero-order valence-electron chi connectivity index (χ0n) is 12.0. The lowest BCUT2D eigenvalue weighted by molar-refractivity contribution is 0.633. The van der Waals surface area contributed by atoms with Crippen LogP contribution in [0.15, 0.2) is 24.3 Å². The Labute approximate surface area is 112 Å². The van der Waals surface area contributed by atoms with Crippen molar-refractivity contribution in [2.24, 2.45) is 5.73 Å². The summed E-state index contributed by atoms with van der Waals surface area (Å²) in [6, 6.07) is 8.66. The molecule has 0 unspecified atom stereocenters. The summed E-state index contributed by atoms with van der Waals surface area (Å²) in [5.41, 5.74) is 8.39. The third-order valence-corrected chi connectivity index (χ3v) is 3.37. The molecule has 0 saturated heterocycles. The van der Waals surface area contributed by atoms with Crippen LogP contribution in [-0.4, -0.2) is 19.6 Å². The molecule has 2 N–H and O–H groups in total. The van der Waals surface area contributed by atoms with Gasteiger partial charge in [0.15, 0.2) is 0 Å². The lowest BCUT2D eigenvalue weighted by Crippen LogP contribution is -2.27. The molecule has 0 amide bonds. The molecule has 0 bridgehead atoms. The number of rotatable bonds is 9. The Kier molecular flexibility index (Phi) is 7.51. The smallest absolute Gasteiger partial charge is 0.0395 e. The Morgan fingerprint density at radius 1 is 1.00 bits per heavy atom. The summed E-state index contributed by atoms with van der Waals surface area (Å²) in [4.78, 5) is 2.50. The molecule has 0 atom stereocenters. The summed E-state index contributed by atoms with van der Waals surface area (Å²) < 4.78 is 0. The first-order valence-corrected chi connectivity index (χ1v) is 7.30. The minimum absolute atomic E-state index is 0.775. The maximum absolute atomic E-state index is 5.64. The fraction of sp³-hybridized carbons (Fsp3) is 0.625. The first-order chi connectivity index (χ1) is 8.79. The lowest BCUT2D eigenvalue weighted by atomic mass is 10.1. The molecule has 0 aliphatic heterocycles. The SMILES string of the molecule is CCCCCCN(CCCN)c1ccccc1C. The van der Waals surface area contributed by atoms with Gasteiger partial charge >= 0.3 is 0 Å². The highest BCUT2D eigenvalue weighted by Crippen LogP contribution is 2.20. The van der Waals surface area contributed by atoms with Crippen molar-refractivity contribution in [1.29, 1.82) is 0 Å². The lowest BCUT2D eigenvalue weighted by Gasteiger charge is -2.26. The minimum atomic E-state index is 0.775. The molecule has 0 aromatic heterocycles. The van der Waals surface area contributed by atoms with Crippen molar-refractivity contribution in [2.75, 3.05) is 24.5 Å². The zero-order chi connectivity index (χ0) is 13.2. The number of benzene rings is 1. The van der Waals surface area contributed by atoms with E-state index in [-0.39, 0.29) is 0 Å². The number of nitrogens with two attached hydrogens (primary N) is 1. The number of hydrogen-bond donors (Lipinski definition) is 1. The predicted octanol–water partition coefficient (Wildman–Crippen LogP) is 3.73. The average Bonchev–Trinajstić information content (AvgIpc) is 2.39. The van der Waals surface area contributed by atoms with Crippen molar-refractivity contribution in [3.05, 3.63) is 29.8 Å². The van der Waals surface area contributed by atoms with Gasteiger partial charge in [-0.1, -0.05) is 44.4 Å². The summed E-state index contributed by atoms with van der Waals surface area (Å²) in [6.45, 7) is 7.46. The molecule has 0 spiro atoms. The van der Waals surface area contributed by atoms with Gasteiger partial charge in [-0.3, -0.25) is 0 Å². The molecule has 2 heteroatoms. The fourth-order valence-corrected chi connectivity index (χ4v) is 2.28. The van der Waals surface area contributed by atoms with E-state index < -0.39 is 0 Å². The third kappa shape index (κ3) is 5.09. The highest BCUT2D eigenvalue weighted by molar-refractivity contribution is 5.52. The number of para-hydroxylation sites is 1. The fourth-order valence-electron chi connectivity index (χ4n) is 2.28. The zero-order valence-corrected chi connectivity index (χ0v) is 12.0. The second kappa shape index (κ2) is 8.98. The highest BCUT2D eigenvalue weighted by Gasteiger charge is 2.07. The van der Waals surface area contributed by atoms with E-state index >= 15 is 0 Å². The second-order valence-corrected chi connectivity index (χ2v) is 4.98. The molecule has 0 fully saturated rings. The average molecular weight is 248 g/mol. The van der Waals surface area contributed by atoms with Gasteiger partial charge in [-0.05, 0) is 37.9 Å².